The number of rotatable bonds is 7. The van der Waals surface area contributed by atoms with E-state index in [4.69, 9.17) is 0 Å². The highest BCUT2D eigenvalue weighted by Crippen LogP contribution is 2.19. The van der Waals surface area contributed by atoms with Gasteiger partial charge in [-0.25, -0.2) is 13.1 Å². The van der Waals surface area contributed by atoms with Crippen molar-refractivity contribution in [2.45, 2.75) is 43.9 Å². The van der Waals surface area contributed by atoms with Crippen LogP contribution in [0.1, 0.15) is 36.7 Å². The van der Waals surface area contributed by atoms with Crippen LogP contribution in [0.4, 0.5) is 13.2 Å². The molecule has 2 N–H and O–H groups in total. The van der Waals surface area contributed by atoms with Crippen molar-refractivity contribution in [3.8, 4) is 5.75 Å². The minimum atomic E-state index is -4.41. The van der Waals surface area contributed by atoms with Crippen molar-refractivity contribution in [3.05, 3.63) is 59.7 Å². The lowest BCUT2D eigenvalue weighted by Crippen LogP contribution is -2.40. The Kier molecular flexibility index (Phi) is 7.14. The molecule has 0 saturated heterocycles. The van der Waals surface area contributed by atoms with Crippen LogP contribution in [-0.4, -0.2) is 32.6 Å². The summed E-state index contributed by atoms with van der Waals surface area (Å²) in [5.41, 5.74) is 0.300. The van der Waals surface area contributed by atoms with Crippen molar-refractivity contribution in [1.29, 1.82) is 0 Å². The quantitative estimate of drug-likeness (QED) is 0.683. The average molecular weight is 444 g/mol. The lowest BCUT2D eigenvalue weighted by Gasteiger charge is -2.20. The van der Waals surface area contributed by atoms with E-state index in [1.807, 2.05) is 0 Å². The first-order valence-corrected chi connectivity index (χ1v) is 10.4. The van der Waals surface area contributed by atoms with Crippen molar-refractivity contribution in [2.24, 2.45) is 0 Å². The third-order valence-corrected chi connectivity index (χ3v) is 5.42. The Labute approximate surface area is 173 Å². The summed E-state index contributed by atoms with van der Waals surface area (Å²) in [6, 6.07) is 11.3. The molecule has 1 amide bonds. The summed E-state index contributed by atoms with van der Waals surface area (Å²) in [5, 5.41) is 2.66. The number of ether oxygens (including phenoxy) is 1. The minimum Gasteiger partial charge on any atom is -0.484 e. The first-order chi connectivity index (χ1) is 13.8. The molecule has 10 heteroatoms. The van der Waals surface area contributed by atoms with Gasteiger partial charge in [0.1, 0.15) is 5.75 Å². The van der Waals surface area contributed by atoms with Crippen LogP contribution in [0.3, 0.4) is 0 Å². The third-order valence-electron chi connectivity index (χ3n) is 3.65. The monoisotopic (exact) mass is 444 g/mol. The van der Waals surface area contributed by atoms with Crippen molar-refractivity contribution in [2.75, 3.05) is 6.61 Å². The van der Waals surface area contributed by atoms with Crippen LogP contribution >= 0.6 is 0 Å². The first-order valence-electron chi connectivity index (χ1n) is 8.96. The van der Waals surface area contributed by atoms with E-state index in [1.165, 1.54) is 36.4 Å². The molecule has 0 saturated carbocycles. The van der Waals surface area contributed by atoms with Gasteiger partial charge in [0.05, 0.1) is 4.90 Å². The van der Waals surface area contributed by atoms with E-state index in [0.717, 1.165) is 0 Å². The van der Waals surface area contributed by atoms with E-state index in [1.54, 1.807) is 32.9 Å². The fourth-order valence-corrected chi connectivity index (χ4v) is 3.82. The summed E-state index contributed by atoms with van der Waals surface area (Å²) in [7, 11) is -3.70. The number of amides is 1. The van der Waals surface area contributed by atoms with Crippen LogP contribution in [0.25, 0.3) is 0 Å². The highest BCUT2D eigenvalue weighted by Gasteiger charge is 2.28. The van der Waals surface area contributed by atoms with E-state index < -0.39 is 34.3 Å². The number of hydrogen-bond acceptors (Lipinski definition) is 4. The molecule has 0 atom stereocenters. The summed E-state index contributed by atoms with van der Waals surface area (Å²) in [4.78, 5) is 12.3. The van der Waals surface area contributed by atoms with Crippen molar-refractivity contribution in [3.63, 3.8) is 0 Å². The number of alkyl halides is 3. The molecule has 30 heavy (non-hydrogen) atoms. The molecule has 0 unspecified atom stereocenters. The molecular weight excluding hydrogens is 421 g/mol. The van der Waals surface area contributed by atoms with Gasteiger partial charge >= 0.3 is 6.18 Å². The summed E-state index contributed by atoms with van der Waals surface area (Å²) in [6.45, 7) is 3.94. The normalized spacial score (nSPS) is 12.5. The predicted molar refractivity (Wildman–Crippen MR) is 106 cm³/mol. The molecule has 2 aromatic rings. The predicted octanol–water partition coefficient (Wildman–Crippen LogP) is 3.63. The summed E-state index contributed by atoms with van der Waals surface area (Å²) < 4.78 is 68.2. The van der Waals surface area contributed by atoms with Crippen LogP contribution in [0.2, 0.25) is 0 Å². The smallest absolute Gasteiger partial charge is 0.422 e. The van der Waals surface area contributed by atoms with Gasteiger partial charge in [0.25, 0.3) is 5.91 Å². The molecule has 0 heterocycles. The lowest BCUT2D eigenvalue weighted by molar-refractivity contribution is -0.153. The number of hydrogen-bond donors (Lipinski definition) is 2. The van der Waals surface area contributed by atoms with Gasteiger partial charge < -0.3 is 10.1 Å². The Morgan fingerprint density at radius 3 is 2.03 bits per heavy atom. The second kappa shape index (κ2) is 9.05. The largest absolute Gasteiger partial charge is 0.484 e. The van der Waals surface area contributed by atoms with E-state index >= 15 is 0 Å². The molecule has 0 aliphatic rings. The molecule has 2 aromatic carbocycles. The fourth-order valence-electron chi connectivity index (χ4n) is 2.40. The topological polar surface area (TPSA) is 84.5 Å². The maximum absolute atomic E-state index is 12.3. The Morgan fingerprint density at radius 1 is 0.967 bits per heavy atom. The van der Waals surface area contributed by atoms with E-state index in [0.29, 0.717) is 5.56 Å². The SMILES string of the molecule is CC(C)(C)NS(=O)(=O)c1ccc(C(=O)NCc2ccc(OCC(F)(F)F)cc2)cc1. The molecule has 0 bridgehead atoms. The zero-order valence-corrected chi connectivity index (χ0v) is 17.5. The fraction of sp³-hybridized carbons (Fsp3) is 0.350. The van der Waals surface area contributed by atoms with Gasteiger partial charge in [-0.1, -0.05) is 12.1 Å². The van der Waals surface area contributed by atoms with Crippen molar-refractivity contribution < 1.29 is 31.1 Å². The Bertz CT molecular complexity index is 965. The number of carbonyl (C=O) groups is 1. The molecule has 6 nitrogen and oxygen atoms in total. The molecule has 0 radical (unpaired) electrons. The standard InChI is InChI=1S/C20H23F3N2O4S/c1-19(2,3)25-30(27,28)17-10-6-15(7-11-17)18(26)24-12-14-4-8-16(9-5-14)29-13-20(21,22)23/h4-11,25H,12-13H2,1-3H3,(H,24,26). The van der Waals surface area contributed by atoms with Crippen molar-refractivity contribution >= 4 is 15.9 Å². The van der Waals surface area contributed by atoms with E-state index in [-0.39, 0.29) is 22.8 Å². The number of sulfonamides is 1. The van der Waals surface area contributed by atoms with Gasteiger partial charge in [-0.2, -0.15) is 13.2 Å². The van der Waals surface area contributed by atoms with Crippen LogP contribution < -0.4 is 14.8 Å². The van der Waals surface area contributed by atoms with Crippen molar-refractivity contribution in [1.82, 2.24) is 10.0 Å². The minimum absolute atomic E-state index is 0.0448. The summed E-state index contributed by atoms with van der Waals surface area (Å²) in [5.74, 6) is -0.344. The van der Waals surface area contributed by atoms with Gasteiger partial charge in [-0.05, 0) is 62.7 Å². The maximum atomic E-state index is 12.3. The van der Waals surface area contributed by atoms with Gasteiger partial charge in [-0.3, -0.25) is 4.79 Å². The summed E-state index contributed by atoms with van der Waals surface area (Å²) in [6.07, 6.45) is -4.41. The van der Waals surface area contributed by atoms with Crippen LogP contribution in [-0.2, 0) is 16.6 Å². The van der Waals surface area contributed by atoms with Gasteiger partial charge in [-0.15, -0.1) is 0 Å². The molecule has 0 aromatic heterocycles. The molecule has 0 spiro atoms. The second-order valence-electron chi connectivity index (χ2n) is 7.61. The number of carbonyl (C=O) groups excluding carboxylic acids is 1. The van der Waals surface area contributed by atoms with Gasteiger partial charge in [0, 0.05) is 17.6 Å². The van der Waals surface area contributed by atoms with Gasteiger partial charge in [0.2, 0.25) is 10.0 Å². The Morgan fingerprint density at radius 2 is 1.53 bits per heavy atom. The van der Waals surface area contributed by atoms with Gasteiger partial charge in [0.15, 0.2) is 6.61 Å². The first kappa shape index (κ1) is 23.7. The molecular formula is C20H23F3N2O4S. The van der Waals surface area contributed by atoms with Crippen LogP contribution in [0.15, 0.2) is 53.4 Å². The molecule has 0 fully saturated rings. The van der Waals surface area contributed by atoms with E-state index in [2.05, 4.69) is 14.8 Å². The lowest BCUT2D eigenvalue weighted by atomic mass is 10.1. The molecule has 2 rings (SSSR count). The highest BCUT2D eigenvalue weighted by molar-refractivity contribution is 7.89. The molecule has 0 aliphatic carbocycles. The third kappa shape index (κ3) is 7.68. The zero-order valence-electron chi connectivity index (χ0n) is 16.7. The maximum Gasteiger partial charge on any atom is 0.422 e. The van der Waals surface area contributed by atoms with Crippen LogP contribution in [0.5, 0.6) is 5.75 Å². The molecule has 0 aliphatic heterocycles. The number of nitrogens with one attached hydrogen (secondary N) is 2. The number of halogens is 3. The zero-order chi connectivity index (χ0) is 22.6. The molecule has 164 valence electrons. The Hall–Kier alpha value is -2.59. The summed E-state index contributed by atoms with van der Waals surface area (Å²) >= 11 is 0. The van der Waals surface area contributed by atoms with E-state index in [9.17, 15) is 26.4 Å². The Balaban J connectivity index is 1.94. The average Bonchev–Trinajstić information content (AvgIpc) is 2.63. The highest BCUT2D eigenvalue weighted by atomic mass is 32.2. The second-order valence-corrected chi connectivity index (χ2v) is 9.29. The van der Waals surface area contributed by atoms with Crippen LogP contribution in [0, 0.1) is 0 Å². The number of benzene rings is 2.